The van der Waals surface area contributed by atoms with Crippen molar-refractivity contribution in [3.63, 3.8) is 0 Å². The van der Waals surface area contributed by atoms with Gasteiger partial charge in [-0.25, -0.2) is 0 Å². The molecular formula is C17H26N2O2. The Balaban J connectivity index is 1.96. The van der Waals surface area contributed by atoms with Crippen LogP contribution >= 0.6 is 0 Å². The Morgan fingerprint density at radius 1 is 1.33 bits per heavy atom. The average Bonchev–Trinajstić information content (AvgIpc) is 2.44. The molecule has 4 nitrogen and oxygen atoms in total. The fraction of sp³-hybridized carbons (Fsp3) is 0.588. The normalized spacial score (nSPS) is 20.7. The number of piperidine rings is 1. The summed E-state index contributed by atoms with van der Waals surface area (Å²) in [5.74, 6) is 1.22. The third kappa shape index (κ3) is 4.21. The number of amides is 1. The minimum Gasteiger partial charge on any atom is -0.491 e. The van der Waals surface area contributed by atoms with Gasteiger partial charge >= 0.3 is 0 Å². The summed E-state index contributed by atoms with van der Waals surface area (Å²) >= 11 is 0. The van der Waals surface area contributed by atoms with E-state index in [1.807, 2.05) is 49.9 Å². The SMILES string of the molecule is CC(C)Oc1ccc(C(N)CN2CCCC(C)C2=O)cc1. The Morgan fingerprint density at radius 3 is 2.62 bits per heavy atom. The molecule has 0 spiro atoms. The highest BCUT2D eigenvalue weighted by atomic mass is 16.5. The van der Waals surface area contributed by atoms with Crippen molar-refractivity contribution in [1.82, 2.24) is 4.90 Å². The number of nitrogens with zero attached hydrogens (tertiary/aromatic N) is 1. The summed E-state index contributed by atoms with van der Waals surface area (Å²) in [6.07, 6.45) is 2.23. The third-order valence-electron chi connectivity index (χ3n) is 3.90. The van der Waals surface area contributed by atoms with Crippen LogP contribution in [0.1, 0.15) is 45.2 Å². The van der Waals surface area contributed by atoms with Crippen molar-refractivity contribution < 1.29 is 9.53 Å². The molecule has 1 aliphatic rings. The minimum atomic E-state index is -0.146. The fourth-order valence-corrected chi connectivity index (χ4v) is 2.72. The van der Waals surface area contributed by atoms with Crippen molar-refractivity contribution in [2.75, 3.05) is 13.1 Å². The Kier molecular flexibility index (Phi) is 5.23. The lowest BCUT2D eigenvalue weighted by atomic mass is 9.98. The van der Waals surface area contributed by atoms with E-state index >= 15 is 0 Å². The largest absolute Gasteiger partial charge is 0.491 e. The first-order chi connectivity index (χ1) is 9.97. The molecule has 1 saturated heterocycles. The lowest BCUT2D eigenvalue weighted by Crippen LogP contribution is -2.43. The van der Waals surface area contributed by atoms with E-state index in [9.17, 15) is 4.79 Å². The van der Waals surface area contributed by atoms with E-state index in [0.29, 0.717) is 6.54 Å². The lowest BCUT2D eigenvalue weighted by molar-refractivity contribution is -0.138. The zero-order valence-corrected chi connectivity index (χ0v) is 13.2. The summed E-state index contributed by atoms with van der Waals surface area (Å²) in [6.45, 7) is 7.42. The minimum absolute atomic E-state index is 0.132. The summed E-state index contributed by atoms with van der Waals surface area (Å²) in [5, 5.41) is 0. The second-order valence-corrected chi connectivity index (χ2v) is 6.17. The molecule has 2 atom stereocenters. The summed E-state index contributed by atoms with van der Waals surface area (Å²) in [5.41, 5.74) is 7.29. The van der Waals surface area contributed by atoms with Gasteiger partial charge in [-0.1, -0.05) is 19.1 Å². The van der Waals surface area contributed by atoms with Crippen molar-refractivity contribution >= 4 is 5.91 Å². The van der Waals surface area contributed by atoms with Crippen LogP contribution in [0.3, 0.4) is 0 Å². The maximum absolute atomic E-state index is 12.1. The molecule has 1 amide bonds. The number of ether oxygens (including phenoxy) is 1. The number of nitrogens with two attached hydrogens (primary N) is 1. The summed E-state index contributed by atoms with van der Waals surface area (Å²) < 4.78 is 5.62. The van der Waals surface area contributed by atoms with E-state index in [4.69, 9.17) is 10.5 Å². The molecule has 0 aromatic heterocycles. The van der Waals surface area contributed by atoms with Gasteiger partial charge in [-0.15, -0.1) is 0 Å². The van der Waals surface area contributed by atoms with E-state index in [0.717, 1.165) is 30.7 Å². The standard InChI is InChI=1S/C17H26N2O2/c1-12(2)21-15-8-6-14(7-9-15)16(18)11-19-10-4-5-13(3)17(19)20/h6-9,12-13,16H,4-5,10-11,18H2,1-3H3. The Bertz CT molecular complexity index is 470. The van der Waals surface area contributed by atoms with Gasteiger partial charge in [0, 0.05) is 25.0 Å². The van der Waals surface area contributed by atoms with E-state index in [1.165, 1.54) is 0 Å². The first-order valence-corrected chi connectivity index (χ1v) is 7.78. The molecule has 2 rings (SSSR count). The molecule has 4 heteroatoms. The summed E-state index contributed by atoms with van der Waals surface area (Å²) in [4.78, 5) is 14.0. The first-order valence-electron chi connectivity index (χ1n) is 7.78. The van der Waals surface area contributed by atoms with Crippen molar-refractivity contribution in [1.29, 1.82) is 0 Å². The predicted octanol–water partition coefficient (Wildman–Crippen LogP) is 2.73. The third-order valence-corrected chi connectivity index (χ3v) is 3.90. The second-order valence-electron chi connectivity index (χ2n) is 6.17. The molecule has 0 aliphatic carbocycles. The molecule has 2 unspecified atom stereocenters. The fourth-order valence-electron chi connectivity index (χ4n) is 2.72. The van der Waals surface area contributed by atoms with Gasteiger partial charge in [0.05, 0.1) is 6.10 Å². The van der Waals surface area contributed by atoms with Gasteiger partial charge in [0.2, 0.25) is 5.91 Å². The number of carbonyl (C=O) groups excluding carboxylic acids is 1. The van der Waals surface area contributed by atoms with Crippen LogP contribution in [-0.4, -0.2) is 30.0 Å². The van der Waals surface area contributed by atoms with Crippen LogP contribution in [0, 0.1) is 5.92 Å². The van der Waals surface area contributed by atoms with Gasteiger partial charge in [-0.05, 0) is 44.4 Å². The van der Waals surface area contributed by atoms with Crippen LogP contribution in [0.2, 0.25) is 0 Å². The van der Waals surface area contributed by atoms with Crippen LogP contribution < -0.4 is 10.5 Å². The number of hydrogen-bond acceptors (Lipinski definition) is 3. The topological polar surface area (TPSA) is 55.6 Å². The van der Waals surface area contributed by atoms with Crippen LogP contribution in [0.5, 0.6) is 5.75 Å². The highest BCUT2D eigenvalue weighted by Crippen LogP contribution is 2.22. The summed E-state index contributed by atoms with van der Waals surface area (Å²) in [6, 6.07) is 7.71. The van der Waals surface area contributed by atoms with Crippen LogP contribution in [-0.2, 0) is 4.79 Å². The van der Waals surface area contributed by atoms with Gasteiger partial charge in [0.25, 0.3) is 0 Å². The quantitative estimate of drug-likeness (QED) is 0.907. The van der Waals surface area contributed by atoms with E-state index in [-0.39, 0.29) is 24.0 Å². The number of likely N-dealkylation sites (tertiary alicyclic amines) is 1. The average molecular weight is 290 g/mol. The van der Waals surface area contributed by atoms with Crippen LogP contribution in [0.4, 0.5) is 0 Å². The van der Waals surface area contributed by atoms with Crippen LogP contribution in [0.25, 0.3) is 0 Å². The molecular weight excluding hydrogens is 264 g/mol. The Labute approximate surface area is 127 Å². The molecule has 21 heavy (non-hydrogen) atoms. The monoisotopic (exact) mass is 290 g/mol. The predicted molar refractivity (Wildman–Crippen MR) is 84.1 cm³/mol. The van der Waals surface area contributed by atoms with Crippen molar-refractivity contribution in [2.24, 2.45) is 11.7 Å². The Morgan fingerprint density at radius 2 is 2.00 bits per heavy atom. The highest BCUT2D eigenvalue weighted by Gasteiger charge is 2.26. The molecule has 0 bridgehead atoms. The zero-order valence-electron chi connectivity index (χ0n) is 13.2. The lowest BCUT2D eigenvalue weighted by Gasteiger charge is -2.32. The van der Waals surface area contributed by atoms with Gasteiger partial charge in [0.1, 0.15) is 5.75 Å². The number of hydrogen-bond donors (Lipinski definition) is 1. The molecule has 2 N–H and O–H groups in total. The molecule has 0 radical (unpaired) electrons. The van der Waals surface area contributed by atoms with Crippen molar-refractivity contribution in [3.8, 4) is 5.75 Å². The number of rotatable bonds is 5. The van der Waals surface area contributed by atoms with E-state index in [1.54, 1.807) is 0 Å². The Hall–Kier alpha value is -1.55. The molecule has 1 heterocycles. The maximum atomic E-state index is 12.1. The molecule has 1 aromatic rings. The molecule has 1 aliphatic heterocycles. The molecule has 0 saturated carbocycles. The van der Waals surface area contributed by atoms with Crippen molar-refractivity contribution in [3.05, 3.63) is 29.8 Å². The summed E-state index contributed by atoms with van der Waals surface area (Å²) in [7, 11) is 0. The van der Waals surface area contributed by atoms with Gasteiger partial charge in [-0.3, -0.25) is 4.79 Å². The van der Waals surface area contributed by atoms with Crippen LogP contribution in [0.15, 0.2) is 24.3 Å². The second kappa shape index (κ2) is 6.94. The van der Waals surface area contributed by atoms with Gasteiger partial charge < -0.3 is 15.4 Å². The van der Waals surface area contributed by atoms with E-state index in [2.05, 4.69) is 0 Å². The number of carbonyl (C=O) groups is 1. The number of benzene rings is 1. The van der Waals surface area contributed by atoms with Gasteiger partial charge in [0.15, 0.2) is 0 Å². The molecule has 116 valence electrons. The first kappa shape index (κ1) is 15.8. The van der Waals surface area contributed by atoms with Crippen molar-refractivity contribution in [2.45, 2.75) is 45.8 Å². The molecule has 1 fully saturated rings. The van der Waals surface area contributed by atoms with Gasteiger partial charge in [-0.2, -0.15) is 0 Å². The molecule has 1 aromatic carbocycles. The van der Waals surface area contributed by atoms with E-state index < -0.39 is 0 Å². The smallest absolute Gasteiger partial charge is 0.225 e. The highest BCUT2D eigenvalue weighted by molar-refractivity contribution is 5.79. The maximum Gasteiger partial charge on any atom is 0.225 e. The zero-order chi connectivity index (χ0) is 15.4.